The van der Waals surface area contributed by atoms with Crippen molar-refractivity contribution in [1.82, 2.24) is 0 Å². The number of carbonyl (C=O) groups is 2. The van der Waals surface area contributed by atoms with Gasteiger partial charge in [-0.2, -0.15) is 13.2 Å². The molecule has 0 amide bonds. The van der Waals surface area contributed by atoms with Crippen LogP contribution in [0.3, 0.4) is 0 Å². The van der Waals surface area contributed by atoms with E-state index < -0.39 is 11.7 Å². The van der Waals surface area contributed by atoms with Gasteiger partial charge in [0, 0.05) is 5.56 Å². The van der Waals surface area contributed by atoms with E-state index in [1.165, 1.54) is 0 Å². The molecule has 0 aliphatic carbocycles. The third-order valence-corrected chi connectivity index (χ3v) is 2.05. The Labute approximate surface area is 95.2 Å². The van der Waals surface area contributed by atoms with Gasteiger partial charge in [-0.1, -0.05) is 0 Å². The fraction of sp³-hybridized carbons (Fsp3) is 0.273. The normalized spacial score (nSPS) is 11.1. The van der Waals surface area contributed by atoms with Gasteiger partial charge in [-0.3, -0.25) is 9.59 Å². The molecule has 17 heavy (non-hydrogen) atoms. The second-order valence-electron chi connectivity index (χ2n) is 3.14. The molecule has 1 aromatic rings. The van der Waals surface area contributed by atoms with E-state index >= 15 is 0 Å². The Kier molecular flexibility index (Phi) is 3.88. The molecule has 0 N–H and O–H groups in total. The summed E-state index contributed by atoms with van der Waals surface area (Å²) in [7, 11) is 0. The molecular weight excluding hydrogens is 237 g/mol. The minimum Gasteiger partial charge on any atom is -0.493 e. The predicted octanol–water partition coefficient (Wildman–Crippen LogP) is 2.73. The van der Waals surface area contributed by atoms with Crippen molar-refractivity contribution >= 4 is 12.6 Å². The van der Waals surface area contributed by atoms with E-state index in [1.54, 1.807) is 6.92 Å². The van der Waals surface area contributed by atoms with E-state index in [-0.39, 0.29) is 29.8 Å². The van der Waals surface area contributed by atoms with Crippen LogP contribution in [0, 0.1) is 0 Å². The summed E-state index contributed by atoms with van der Waals surface area (Å²) in [6.45, 7) is 1.66. The molecule has 0 atom stereocenters. The van der Waals surface area contributed by atoms with E-state index in [0.29, 0.717) is 18.4 Å². The maximum absolute atomic E-state index is 12.5. The van der Waals surface area contributed by atoms with Gasteiger partial charge in [0.25, 0.3) is 0 Å². The Hall–Kier alpha value is -1.85. The van der Waals surface area contributed by atoms with Crippen molar-refractivity contribution in [3.8, 4) is 5.75 Å². The highest BCUT2D eigenvalue weighted by molar-refractivity contribution is 5.93. The van der Waals surface area contributed by atoms with Crippen LogP contribution >= 0.6 is 0 Å². The first-order valence-electron chi connectivity index (χ1n) is 4.72. The van der Waals surface area contributed by atoms with Gasteiger partial charge in [0.15, 0.2) is 12.6 Å². The van der Waals surface area contributed by atoms with Gasteiger partial charge in [0.2, 0.25) is 0 Å². The number of aldehydes is 2. The molecule has 3 nitrogen and oxygen atoms in total. The summed E-state index contributed by atoms with van der Waals surface area (Å²) in [5, 5.41) is 0. The summed E-state index contributed by atoms with van der Waals surface area (Å²) in [6, 6.07) is 1.33. The third-order valence-electron chi connectivity index (χ3n) is 2.05. The minimum atomic E-state index is -4.59. The molecule has 0 aliphatic heterocycles. The molecule has 0 aromatic heterocycles. The number of hydrogen-bond donors (Lipinski definition) is 0. The molecule has 0 fully saturated rings. The second kappa shape index (κ2) is 4.99. The standard InChI is InChI=1S/C11H9F3O3/c1-2-17-10-4-8(11(12,13)14)3-7(5-15)9(10)6-16/h3-6H,2H2,1H3. The summed E-state index contributed by atoms with van der Waals surface area (Å²) in [5.41, 5.74) is -1.53. The number of carbonyl (C=O) groups excluding carboxylic acids is 2. The van der Waals surface area contributed by atoms with Crippen molar-refractivity contribution < 1.29 is 27.5 Å². The van der Waals surface area contributed by atoms with E-state index in [9.17, 15) is 22.8 Å². The lowest BCUT2D eigenvalue weighted by Gasteiger charge is -2.13. The molecule has 0 saturated heterocycles. The summed E-state index contributed by atoms with van der Waals surface area (Å²) in [5.74, 6) is -0.237. The lowest BCUT2D eigenvalue weighted by Crippen LogP contribution is -2.09. The number of ether oxygens (including phenoxy) is 1. The van der Waals surface area contributed by atoms with Crippen LogP contribution in [0.15, 0.2) is 12.1 Å². The Morgan fingerprint density at radius 2 is 1.88 bits per heavy atom. The minimum absolute atomic E-state index is 0.0977. The maximum Gasteiger partial charge on any atom is 0.416 e. The fourth-order valence-electron chi connectivity index (χ4n) is 1.31. The van der Waals surface area contributed by atoms with Gasteiger partial charge in [0.05, 0.1) is 17.7 Å². The first-order valence-corrected chi connectivity index (χ1v) is 4.72. The highest BCUT2D eigenvalue weighted by atomic mass is 19.4. The topological polar surface area (TPSA) is 43.4 Å². The van der Waals surface area contributed by atoms with Crippen LogP contribution < -0.4 is 4.74 Å². The Balaban J connectivity index is 3.45. The average molecular weight is 246 g/mol. The molecular formula is C11H9F3O3. The molecule has 0 heterocycles. The molecule has 0 aliphatic rings. The predicted molar refractivity (Wildman–Crippen MR) is 53.4 cm³/mol. The van der Waals surface area contributed by atoms with E-state index in [4.69, 9.17) is 4.74 Å². The first kappa shape index (κ1) is 13.2. The maximum atomic E-state index is 12.5. The molecule has 0 unspecified atom stereocenters. The molecule has 0 saturated carbocycles. The number of hydrogen-bond acceptors (Lipinski definition) is 3. The highest BCUT2D eigenvalue weighted by Crippen LogP contribution is 2.34. The van der Waals surface area contributed by atoms with Crippen LogP contribution in [0.4, 0.5) is 13.2 Å². The van der Waals surface area contributed by atoms with Crippen molar-refractivity contribution in [3.63, 3.8) is 0 Å². The van der Waals surface area contributed by atoms with Crippen molar-refractivity contribution in [2.45, 2.75) is 13.1 Å². The van der Waals surface area contributed by atoms with Gasteiger partial charge < -0.3 is 4.74 Å². The first-order chi connectivity index (χ1) is 7.93. The summed E-state index contributed by atoms with van der Waals surface area (Å²) >= 11 is 0. The Morgan fingerprint density at radius 3 is 2.29 bits per heavy atom. The molecule has 6 heteroatoms. The third kappa shape index (κ3) is 2.83. The average Bonchev–Trinajstić information content (AvgIpc) is 2.27. The number of benzene rings is 1. The zero-order valence-electron chi connectivity index (χ0n) is 8.88. The summed E-state index contributed by atoms with van der Waals surface area (Å²) in [6.07, 6.45) is -4.10. The summed E-state index contributed by atoms with van der Waals surface area (Å²) in [4.78, 5) is 21.4. The monoisotopic (exact) mass is 246 g/mol. The zero-order valence-corrected chi connectivity index (χ0v) is 8.88. The van der Waals surface area contributed by atoms with Crippen molar-refractivity contribution in [2.24, 2.45) is 0 Å². The van der Waals surface area contributed by atoms with Crippen LogP contribution in [0.1, 0.15) is 33.2 Å². The van der Waals surface area contributed by atoms with Crippen LogP contribution in [-0.4, -0.2) is 19.2 Å². The number of alkyl halides is 3. The second-order valence-corrected chi connectivity index (χ2v) is 3.14. The van der Waals surface area contributed by atoms with Gasteiger partial charge in [0.1, 0.15) is 5.75 Å². The molecule has 0 bridgehead atoms. The number of halogens is 3. The van der Waals surface area contributed by atoms with Crippen LogP contribution in [0.2, 0.25) is 0 Å². The molecule has 1 rings (SSSR count). The van der Waals surface area contributed by atoms with Gasteiger partial charge in [-0.25, -0.2) is 0 Å². The largest absolute Gasteiger partial charge is 0.493 e. The fourth-order valence-corrected chi connectivity index (χ4v) is 1.31. The van der Waals surface area contributed by atoms with Crippen LogP contribution in [0.25, 0.3) is 0 Å². The van der Waals surface area contributed by atoms with Crippen molar-refractivity contribution in [3.05, 3.63) is 28.8 Å². The quantitative estimate of drug-likeness (QED) is 0.767. The van der Waals surface area contributed by atoms with E-state index in [1.807, 2.05) is 0 Å². The SMILES string of the molecule is CCOc1cc(C(F)(F)F)cc(C=O)c1C=O. The van der Waals surface area contributed by atoms with Crippen molar-refractivity contribution in [1.29, 1.82) is 0 Å². The van der Waals surface area contributed by atoms with E-state index in [2.05, 4.69) is 0 Å². The molecule has 0 spiro atoms. The highest BCUT2D eigenvalue weighted by Gasteiger charge is 2.32. The lowest BCUT2D eigenvalue weighted by molar-refractivity contribution is -0.137. The Morgan fingerprint density at radius 1 is 1.24 bits per heavy atom. The van der Waals surface area contributed by atoms with Crippen LogP contribution in [0.5, 0.6) is 5.75 Å². The molecule has 92 valence electrons. The van der Waals surface area contributed by atoms with Gasteiger partial charge in [-0.15, -0.1) is 0 Å². The molecule has 1 aromatic carbocycles. The van der Waals surface area contributed by atoms with E-state index in [0.717, 1.165) is 0 Å². The van der Waals surface area contributed by atoms with Crippen molar-refractivity contribution in [2.75, 3.05) is 6.61 Å². The smallest absolute Gasteiger partial charge is 0.416 e. The lowest BCUT2D eigenvalue weighted by atomic mass is 10.0. The van der Waals surface area contributed by atoms with Gasteiger partial charge in [-0.05, 0) is 19.1 Å². The zero-order chi connectivity index (χ0) is 13.1. The van der Waals surface area contributed by atoms with Crippen LogP contribution in [-0.2, 0) is 6.18 Å². The number of rotatable bonds is 4. The van der Waals surface area contributed by atoms with Gasteiger partial charge >= 0.3 is 6.18 Å². The Bertz CT molecular complexity index is 438. The summed E-state index contributed by atoms with van der Waals surface area (Å²) < 4.78 is 42.4. The molecule has 0 radical (unpaired) electrons.